The van der Waals surface area contributed by atoms with Gasteiger partial charge in [0.1, 0.15) is 0 Å². The first-order valence-electron chi connectivity index (χ1n) is 1.69. The molecular weight excluding hydrogens is 353 g/mol. The smallest absolute Gasteiger partial charge is 0.547 e. The van der Waals surface area contributed by atoms with Gasteiger partial charge in [0, 0.05) is 0 Å². The van der Waals surface area contributed by atoms with E-state index in [1.54, 1.807) is 0 Å². The zero-order chi connectivity index (χ0) is 7.65. The molecule has 0 saturated heterocycles. The minimum atomic E-state index is -2.11. The average Bonchev–Trinajstić information content (AvgIpc) is 1.65. The molecule has 0 aromatic carbocycles. The molecule has 8 heteroatoms. The van der Waals surface area contributed by atoms with Gasteiger partial charge in [0.15, 0.2) is 2.33 Å². The fraction of sp³-hybridized carbons (Fsp3) is 0.333. The van der Waals surface area contributed by atoms with E-state index in [0.29, 0.717) is 0 Å². The Hall–Kier alpha value is 2.15. The molecule has 0 fully saturated rings. The van der Waals surface area contributed by atoms with Crippen molar-refractivity contribution in [1.29, 1.82) is 0 Å². The predicted molar refractivity (Wildman–Crippen MR) is 35.7 cm³/mol. The van der Waals surface area contributed by atoms with E-state index in [1.807, 2.05) is 0 Å². The van der Waals surface area contributed by atoms with Crippen LogP contribution in [0.25, 0.3) is 0 Å². The van der Waals surface area contributed by atoms with Gasteiger partial charge in [-0.05, 0) is 0 Å². The Morgan fingerprint density at radius 3 is 1.36 bits per heavy atom. The van der Waals surface area contributed by atoms with Crippen molar-refractivity contribution < 1.29 is 78.9 Å². The zero-order valence-electron chi connectivity index (χ0n) is 5.89. The molecule has 0 radical (unpaired) electrons. The summed E-state index contributed by atoms with van der Waals surface area (Å²) in [5.41, 5.74) is 0. The molecule has 0 aromatic heterocycles. The van der Waals surface area contributed by atoms with Gasteiger partial charge in [0.2, 0.25) is 0 Å². The molecule has 0 spiro atoms. The Labute approximate surface area is 129 Å². The number of aliphatic carboxylic acids is 2. The summed E-state index contributed by atoms with van der Waals surface area (Å²) >= 11 is 3.52. The molecular formula is C3BrINa2O4. The van der Waals surface area contributed by atoms with Crippen molar-refractivity contribution in [3.8, 4) is 0 Å². The molecule has 0 rings (SSSR count). The minimum Gasteiger partial charge on any atom is -0.547 e. The molecule has 0 heterocycles. The molecule has 0 N–H and O–H groups in total. The third-order valence-corrected chi connectivity index (χ3v) is 2.04. The number of carboxylic acid groups (broad SMARTS) is 2. The number of hydrogen-bond donors (Lipinski definition) is 0. The largest absolute Gasteiger partial charge is 1.00 e. The van der Waals surface area contributed by atoms with Crippen LogP contribution < -0.4 is 69.3 Å². The van der Waals surface area contributed by atoms with E-state index in [1.165, 1.54) is 0 Å². The van der Waals surface area contributed by atoms with Gasteiger partial charge in [-0.25, -0.2) is 0 Å². The number of rotatable bonds is 2. The van der Waals surface area contributed by atoms with E-state index < -0.39 is 14.3 Å². The Morgan fingerprint density at radius 2 is 1.36 bits per heavy atom. The zero-order valence-corrected chi connectivity index (χ0v) is 13.6. The van der Waals surface area contributed by atoms with E-state index in [-0.39, 0.29) is 59.1 Å². The van der Waals surface area contributed by atoms with E-state index >= 15 is 0 Å². The van der Waals surface area contributed by atoms with Crippen LogP contribution >= 0.6 is 38.5 Å². The Bertz CT molecular complexity index is 145. The molecule has 0 saturated carbocycles. The van der Waals surface area contributed by atoms with Gasteiger partial charge in [0.25, 0.3) is 0 Å². The molecule has 52 valence electrons. The van der Waals surface area contributed by atoms with Crippen molar-refractivity contribution in [2.24, 2.45) is 0 Å². The van der Waals surface area contributed by atoms with Gasteiger partial charge in [-0.15, -0.1) is 0 Å². The van der Waals surface area contributed by atoms with E-state index in [0.717, 1.165) is 22.6 Å². The summed E-state index contributed by atoms with van der Waals surface area (Å²) in [6, 6.07) is 0. The number of alkyl halides is 2. The molecule has 0 atom stereocenters. The molecule has 0 aliphatic rings. The van der Waals surface area contributed by atoms with Crippen LogP contribution in [-0.2, 0) is 9.59 Å². The number of carbonyl (C=O) groups excluding carboxylic acids is 2. The fourth-order valence-electron chi connectivity index (χ4n) is 0.0833. The number of halogens is 2. The number of hydrogen-bond acceptors (Lipinski definition) is 4. The van der Waals surface area contributed by atoms with Gasteiger partial charge in [0.05, 0.1) is 11.9 Å². The maximum absolute atomic E-state index is 9.88. The van der Waals surface area contributed by atoms with E-state index in [9.17, 15) is 19.8 Å². The van der Waals surface area contributed by atoms with Crippen molar-refractivity contribution in [1.82, 2.24) is 0 Å². The number of carbonyl (C=O) groups is 2. The van der Waals surface area contributed by atoms with Crippen LogP contribution in [0, 0.1) is 0 Å². The summed E-state index contributed by atoms with van der Waals surface area (Å²) in [5.74, 6) is -3.47. The molecule has 0 aromatic rings. The molecule has 4 nitrogen and oxygen atoms in total. The maximum Gasteiger partial charge on any atom is 1.00 e. The Balaban J connectivity index is -0.000000320. The molecule has 0 unspecified atom stereocenters. The van der Waals surface area contributed by atoms with Gasteiger partial charge in [-0.2, -0.15) is 0 Å². The fourth-order valence-corrected chi connectivity index (χ4v) is 0.0833. The molecule has 0 amide bonds. The minimum absolute atomic E-state index is 0. The monoisotopic (exact) mass is 352 g/mol. The van der Waals surface area contributed by atoms with Crippen LogP contribution in [0.5, 0.6) is 0 Å². The van der Waals surface area contributed by atoms with Gasteiger partial charge >= 0.3 is 59.1 Å². The Kier molecular flexibility index (Phi) is 12.9. The topological polar surface area (TPSA) is 80.3 Å². The Morgan fingerprint density at radius 1 is 1.18 bits per heavy atom. The third kappa shape index (κ3) is 6.25. The van der Waals surface area contributed by atoms with E-state index in [2.05, 4.69) is 15.9 Å². The third-order valence-electron chi connectivity index (χ3n) is 0.513. The molecule has 0 bridgehead atoms. The summed E-state index contributed by atoms with van der Waals surface area (Å²) in [6.45, 7) is 0. The first kappa shape index (κ1) is 18.8. The van der Waals surface area contributed by atoms with Crippen LogP contribution in [0.3, 0.4) is 0 Å². The molecule has 0 aliphatic carbocycles. The first-order valence-corrected chi connectivity index (χ1v) is 3.57. The van der Waals surface area contributed by atoms with Crippen molar-refractivity contribution in [3.63, 3.8) is 0 Å². The summed E-state index contributed by atoms with van der Waals surface area (Å²) in [4.78, 5) is 19.8. The maximum atomic E-state index is 9.88. The summed E-state index contributed by atoms with van der Waals surface area (Å²) < 4.78 is -2.11. The first-order chi connectivity index (χ1) is 3.89. The number of carboxylic acids is 2. The van der Waals surface area contributed by atoms with Gasteiger partial charge < -0.3 is 19.8 Å². The van der Waals surface area contributed by atoms with Crippen LogP contribution in [0.15, 0.2) is 0 Å². The van der Waals surface area contributed by atoms with E-state index in [4.69, 9.17) is 0 Å². The van der Waals surface area contributed by atoms with Gasteiger partial charge in [-0.1, -0.05) is 38.5 Å². The summed E-state index contributed by atoms with van der Waals surface area (Å²) in [6.07, 6.45) is 0. The predicted octanol–water partition coefficient (Wildman–Crippen LogP) is -7.98. The summed E-state index contributed by atoms with van der Waals surface area (Å²) in [7, 11) is 0. The normalized spacial score (nSPS) is 8.91. The second-order valence-electron chi connectivity index (χ2n) is 1.15. The van der Waals surface area contributed by atoms with Gasteiger partial charge in [-0.3, -0.25) is 0 Å². The second-order valence-corrected chi connectivity index (χ2v) is 5.44. The van der Waals surface area contributed by atoms with Crippen LogP contribution in [0.1, 0.15) is 0 Å². The van der Waals surface area contributed by atoms with Crippen molar-refractivity contribution in [2.75, 3.05) is 0 Å². The SMILES string of the molecule is O=C([O-])C(Br)(I)C(=O)[O-].[Na+].[Na+]. The van der Waals surface area contributed by atoms with Crippen LogP contribution in [0.2, 0.25) is 0 Å². The van der Waals surface area contributed by atoms with Crippen molar-refractivity contribution in [2.45, 2.75) is 2.33 Å². The van der Waals surface area contributed by atoms with Crippen LogP contribution in [0.4, 0.5) is 0 Å². The quantitative estimate of drug-likeness (QED) is 0.214. The van der Waals surface area contributed by atoms with Crippen molar-refractivity contribution >= 4 is 50.5 Å². The molecule has 11 heavy (non-hydrogen) atoms. The average molecular weight is 353 g/mol. The molecule has 0 aliphatic heterocycles. The standard InChI is InChI=1S/C3H2BrIO4.2Na/c4-3(5,1(6)7)2(8)9;;/h(H,6,7)(H,8,9);;/q;2*+1/p-2. The van der Waals surface area contributed by atoms with Crippen LogP contribution in [-0.4, -0.2) is 14.3 Å². The second kappa shape index (κ2) is 7.54. The van der Waals surface area contributed by atoms with Crippen molar-refractivity contribution in [3.05, 3.63) is 0 Å². The summed E-state index contributed by atoms with van der Waals surface area (Å²) in [5, 5.41) is 19.8.